The van der Waals surface area contributed by atoms with Gasteiger partial charge < -0.3 is 9.15 Å². The van der Waals surface area contributed by atoms with Crippen molar-refractivity contribution in [2.45, 2.75) is 13.8 Å². The molecule has 0 atom stereocenters. The maximum atomic E-state index is 13.9. The van der Waals surface area contributed by atoms with Gasteiger partial charge in [0.25, 0.3) is 0 Å². The van der Waals surface area contributed by atoms with Gasteiger partial charge in [-0.05, 0) is 25.1 Å². The largest absolute Gasteiger partial charge is 0.463 e. The summed E-state index contributed by atoms with van der Waals surface area (Å²) in [6.45, 7) is 2.98. The summed E-state index contributed by atoms with van der Waals surface area (Å²) in [7, 11) is 0. The molecule has 116 valence electrons. The van der Waals surface area contributed by atoms with Crippen LogP contribution in [-0.2, 0) is 4.79 Å². The number of fused-ring (bicyclic) bond motifs is 1. The summed E-state index contributed by atoms with van der Waals surface area (Å²) in [6, 6.07) is 9.05. The molecule has 5 heteroatoms. The zero-order valence-electron chi connectivity index (χ0n) is 12.6. The van der Waals surface area contributed by atoms with Crippen LogP contribution >= 0.6 is 0 Å². The van der Waals surface area contributed by atoms with Crippen molar-refractivity contribution in [1.82, 2.24) is 0 Å². The molecule has 0 amide bonds. The zero-order chi connectivity index (χ0) is 16.6. The second-order valence-electron chi connectivity index (χ2n) is 5.12. The van der Waals surface area contributed by atoms with Crippen molar-refractivity contribution in [3.63, 3.8) is 0 Å². The number of benzene rings is 2. The number of esters is 1. The predicted octanol–water partition coefficient (Wildman–Crippen LogP) is 3.83. The topological polar surface area (TPSA) is 56.5 Å². The van der Waals surface area contributed by atoms with E-state index in [1.54, 1.807) is 19.1 Å². The molecule has 1 aromatic heterocycles. The Morgan fingerprint density at radius 2 is 1.87 bits per heavy atom. The van der Waals surface area contributed by atoms with Gasteiger partial charge in [0, 0.05) is 18.1 Å². The smallest absolute Gasteiger partial charge is 0.308 e. The minimum atomic E-state index is -0.493. The van der Waals surface area contributed by atoms with Crippen molar-refractivity contribution < 1.29 is 18.3 Å². The van der Waals surface area contributed by atoms with Gasteiger partial charge in [-0.3, -0.25) is 9.59 Å². The highest BCUT2D eigenvalue weighted by atomic mass is 19.1. The molecular formula is C18H13FO4. The van der Waals surface area contributed by atoms with Gasteiger partial charge >= 0.3 is 5.97 Å². The van der Waals surface area contributed by atoms with Crippen LogP contribution in [0.5, 0.6) is 5.75 Å². The van der Waals surface area contributed by atoms with Gasteiger partial charge in [-0.2, -0.15) is 0 Å². The van der Waals surface area contributed by atoms with Crippen molar-refractivity contribution in [2.24, 2.45) is 0 Å². The summed E-state index contributed by atoms with van der Waals surface area (Å²) in [5, 5.41) is 0.305. The number of halogens is 1. The molecule has 0 saturated carbocycles. The first-order valence-electron chi connectivity index (χ1n) is 6.97. The summed E-state index contributed by atoms with van der Waals surface area (Å²) < 4.78 is 24.5. The molecule has 0 bridgehead atoms. The lowest BCUT2D eigenvalue weighted by molar-refractivity contribution is -0.131. The second kappa shape index (κ2) is 5.68. The van der Waals surface area contributed by atoms with Crippen LogP contribution in [0.25, 0.3) is 22.1 Å². The zero-order valence-corrected chi connectivity index (χ0v) is 12.6. The van der Waals surface area contributed by atoms with Crippen molar-refractivity contribution in [3.05, 3.63) is 64.3 Å². The molecule has 0 saturated heterocycles. The third kappa shape index (κ3) is 2.61. The first-order chi connectivity index (χ1) is 11.0. The van der Waals surface area contributed by atoms with Crippen LogP contribution in [0.2, 0.25) is 0 Å². The Balaban J connectivity index is 2.24. The number of rotatable bonds is 2. The van der Waals surface area contributed by atoms with Gasteiger partial charge in [0.1, 0.15) is 23.4 Å². The fourth-order valence-electron chi connectivity index (χ4n) is 2.45. The Morgan fingerprint density at radius 1 is 1.13 bits per heavy atom. The molecule has 23 heavy (non-hydrogen) atoms. The highest BCUT2D eigenvalue weighted by molar-refractivity contribution is 5.86. The molecule has 0 aliphatic heterocycles. The van der Waals surface area contributed by atoms with Gasteiger partial charge in [-0.15, -0.1) is 0 Å². The van der Waals surface area contributed by atoms with Crippen LogP contribution in [0.3, 0.4) is 0 Å². The lowest BCUT2D eigenvalue weighted by atomic mass is 10.0. The van der Waals surface area contributed by atoms with E-state index in [-0.39, 0.29) is 16.6 Å². The average molecular weight is 312 g/mol. The Kier molecular flexibility index (Phi) is 3.70. The third-order valence-electron chi connectivity index (χ3n) is 3.56. The number of hydrogen-bond donors (Lipinski definition) is 0. The Hall–Kier alpha value is -2.95. The van der Waals surface area contributed by atoms with E-state index >= 15 is 0 Å². The molecule has 0 spiro atoms. The normalized spacial score (nSPS) is 10.7. The number of ether oxygens (including phenoxy) is 1. The fraction of sp³-hybridized carbons (Fsp3) is 0.111. The molecule has 0 radical (unpaired) electrons. The van der Waals surface area contributed by atoms with Crippen LogP contribution < -0.4 is 10.2 Å². The fourth-order valence-corrected chi connectivity index (χ4v) is 2.45. The van der Waals surface area contributed by atoms with Crippen molar-refractivity contribution in [2.75, 3.05) is 0 Å². The van der Waals surface area contributed by atoms with E-state index in [4.69, 9.17) is 9.15 Å². The van der Waals surface area contributed by atoms with E-state index in [0.717, 1.165) is 0 Å². The van der Waals surface area contributed by atoms with Crippen LogP contribution in [0.15, 0.2) is 51.9 Å². The second-order valence-corrected chi connectivity index (χ2v) is 5.12. The van der Waals surface area contributed by atoms with Crippen LogP contribution in [-0.4, -0.2) is 5.97 Å². The van der Waals surface area contributed by atoms with E-state index in [2.05, 4.69) is 0 Å². The highest BCUT2D eigenvalue weighted by Gasteiger charge is 2.16. The van der Waals surface area contributed by atoms with Crippen molar-refractivity contribution in [1.29, 1.82) is 0 Å². The quantitative estimate of drug-likeness (QED) is 0.533. The van der Waals surface area contributed by atoms with Crippen molar-refractivity contribution in [3.8, 4) is 16.9 Å². The van der Waals surface area contributed by atoms with Crippen LogP contribution in [0.1, 0.15) is 12.5 Å². The molecule has 0 aliphatic carbocycles. The molecule has 0 fully saturated rings. The lowest BCUT2D eigenvalue weighted by Crippen LogP contribution is -2.08. The summed E-state index contributed by atoms with van der Waals surface area (Å²) in [5.74, 6) is -0.628. The van der Waals surface area contributed by atoms with Gasteiger partial charge in [0.15, 0.2) is 0 Å². The summed E-state index contributed by atoms with van der Waals surface area (Å²) >= 11 is 0. The first-order valence-corrected chi connectivity index (χ1v) is 6.97. The molecule has 0 N–H and O–H groups in total. The molecule has 2 aromatic carbocycles. The van der Waals surface area contributed by atoms with E-state index in [0.29, 0.717) is 22.3 Å². The molecular weight excluding hydrogens is 299 g/mol. The first kappa shape index (κ1) is 15.0. The lowest BCUT2D eigenvalue weighted by Gasteiger charge is -2.09. The SMILES string of the molecule is CC(=O)Oc1ccc2c(=O)c(-c3ccccc3F)coc2c1C. The highest BCUT2D eigenvalue weighted by Crippen LogP contribution is 2.28. The van der Waals surface area contributed by atoms with Crippen LogP contribution in [0.4, 0.5) is 4.39 Å². The minimum Gasteiger partial charge on any atom is -0.463 e. The van der Waals surface area contributed by atoms with E-state index in [1.807, 2.05) is 0 Å². The van der Waals surface area contributed by atoms with E-state index in [1.165, 1.54) is 37.5 Å². The molecule has 0 unspecified atom stereocenters. The van der Waals surface area contributed by atoms with Gasteiger partial charge in [0.05, 0.1) is 10.9 Å². The number of aryl methyl sites for hydroxylation is 1. The monoisotopic (exact) mass is 312 g/mol. The average Bonchev–Trinajstić information content (AvgIpc) is 2.51. The number of carbonyl (C=O) groups excluding carboxylic acids is 1. The van der Waals surface area contributed by atoms with E-state index < -0.39 is 11.8 Å². The van der Waals surface area contributed by atoms with E-state index in [9.17, 15) is 14.0 Å². The summed E-state index contributed by atoms with van der Waals surface area (Å²) in [5.41, 5.74) is 0.845. The molecule has 3 rings (SSSR count). The number of hydrogen-bond acceptors (Lipinski definition) is 4. The Bertz CT molecular complexity index is 972. The minimum absolute atomic E-state index is 0.148. The Morgan fingerprint density at radius 3 is 2.57 bits per heavy atom. The van der Waals surface area contributed by atoms with Crippen LogP contribution in [0, 0.1) is 12.7 Å². The third-order valence-corrected chi connectivity index (χ3v) is 3.56. The molecule has 1 heterocycles. The predicted molar refractivity (Wildman–Crippen MR) is 83.9 cm³/mol. The van der Waals surface area contributed by atoms with Crippen molar-refractivity contribution >= 4 is 16.9 Å². The standard InChI is InChI=1S/C18H13FO4/c1-10-16(23-11(2)20)8-7-13-17(21)14(9-22-18(10)13)12-5-3-4-6-15(12)19/h3-9H,1-2H3. The van der Waals surface area contributed by atoms with Gasteiger partial charge in [-0.1, -0.05) is 18.2 Å². The summed E-state index contributed by atoms with van der Waals surface area (Å²) in [4.78, 5) is 23.7. The maximum absolute atomic E-state index is 13.9. The molecule has 0 aliphatic rings. The molecule has 4 nitrogen and oxygen atoms in total. The molecule has 3 aromatic rings. The van der Waals surface area contributed by atoms with Gasteiger partial charge in [0.2, 0.25) is 5.43 Å². The maximum Gasteiger partial charge on any atom is 0.308 e. The number of carbonyl (C=O) groups is 1. The van der Waals surface area contributed by atoms with Gasteiger partial charge in [-0.25, -0.2) is 4.39 Å². The Labute approximate surface area is 131 Å². The summed E-state index contributed by atoms with van der Waals surface area (Å²) in [6.07, 6.45) is 1.23.